The van der Waals surface area contributed by atoms with Crippen LogP contribution in [0.4, 0.5) is 4.79 Å². The van der Waals surface area contributed by atoms with Crippen molar-refractivity contribution in [1.82, 2.24) is 5.32 Å². The van der Waals surface area contributed by atoms with Crippen LogP contribution in [-0.4, -0.2) is 17.7 Å². The predicted molar refractivity (Wildman–Crippen MR) is 81.0 cm³/mol. The number of hydrogen-bond donors (Lipinski definition) is 1. The molecule has 0 bridgehead atoms. The smallest absolute Gasteiger partial charge is 0.407 e. The van der Waals surface area contributed by atoms with Crippen LogP contribution in [0.1, 0.15) is 64.4 Å². The molecule has 0 aromatic heterocycles. The predicted octanol–water partition coefficient (Wildman–Crippen LogP) is 4.19. The zero-order valence-electron chi connectivity index (χ0n) is 12.5. The summed E-state index contributed by atoms with van der Waals surface area (Å²) in [7, 11) is 0. The molecule has 3 nitrogen and oxygen atoms in total. The van der Waals surface area contributed by atoms with Gasteiger partial charge in [-0.3, -0.25) is 0 Å². The fourth-order valence-corrected chi connectivity index (χ4v) is 2.61. The van der Waals surface area contributed by atoms with Crippen LogP contribution in [0.15, 0.2) is 24.3 Å². The van der Waals surface area contributed by atoms with Crippen molar-refractivity contribution >= 4 is 6.09 Å². The zero-order chi connectivity index (χ0) is 14.3. The van der Waals surface area contributed by atoms with E-state index < -0.39 is 5.60 Å². The molecule has 1 aromatic carbocycles. The van der Waals surface area contributed by atoms with Gasteiger partial charge in [0.2, 0.25) is 0 Å². The van der Waals surface area contributed by atoms with E-state index in [1.807, 2.05) is 20.8 Å². The van der Waals surface area contributed by atoms with E-state index in [1.54, 1.807) is 0 Å². The maximum atomic E-state index is 11.7. The highest BCUT2D eigenvalue weighted by Crippen LogP contribution is 2.43. The Kier molecular flexibility index (Phi) is 3.23. The van der Waals surface area contributed by atoms with Gasteiger partial charge in [-0.05, 0) is 57.1 Å². The molecule has 2 fully saturated rings. The van der Waals surface area contributed by atoms with Crippen LogP contribution in [0.5, 0.6) is 0 Å². The first-order chi connectivity index (χ1) is 9.42. The van der Waals surface area contributed by atoms with Crippen molar-refractivity contribution in [3.05, 3.63) is 35.4 Å². The third-order valence-electron chi connectivity index (χ3n) is 3.91. The Balaban J connectivity index is 0.00000161. The Morgan fingerprint density at radius 2 is 1.80 bits per heavy atom. The Labute approximate surface area is 122 Å². The molecule has 1 amide bonds. The Morgan fingerprint density at radius 1 is 1.20 bits per heavy atom. The van der Waals surface area contributed by atoms with Gasteiger partial charge in [0.25, 0.3) is 0 Å². The van der Waals surface area contributed by atoms with E-state index in [1.165, 1.54) is 24.0 Å². The molecule has 2 atom stereocenters. The van der Waals surface area contributed by atoms with Crippen LogP contribution in [0.25, 0.3) is 0 Å². The zero-order valence-corrected chi connectivity index (χ0v) is 12.5. The van der Waals surface area contributed by atoms with Crippen LogP contribution in [0.2, 0.25) is 0 Å². The molecule has 1 N–H and O–H groups in total. The molecule has 2 aliphatic carbocycles. The summed E-state index contributed by atoms with van der Waals surface area (Å²) >= 11 is 0. The van der Waals surface area contributed by atoms with E-state index in [0.29, 0.717) is 5.92 Å². The van der Waals surface area contributed by atoms with Gasteiger partial charge in [0.15, 0.2) is 0 Å². The standard InChI is InChI=1S/C17H23NO2.H2/c1-17(2,3)20-16(19)18-15-10-14(15)13-8-6-12(7-9-13)11-4-5-11;/h6-9,11,14-15H,4-5,10H2,1-3H3,(H,18,19);1H/t14-,15+;/m1./s1. The number of nitrogens with one attached hydrogen (secondary N) is 1. The van der Waals surface area contributed by atoms with Crippen LogP contribution >= 0.6 is 0 Å². The van der Waals surface area contributed by atoms with E-state index in [4.69, 9.17) is 4.74 Å². The molecular formula is C17H25NO2. The number of carbonyl (C=O) groups is 1. The van der Waals surface area contributed by atoms with Gasteiger partial charge in [0.05, 0.1) is 0 Å². The highest BCUT2D eigenvalue weighted by molar-refractivity contribution is 5.69. The van der Waals surface area contributed by atoms with Gasteiger partial charge in [-0.2, -0.15) is 0 Å². The molecular weight excluding hydrogens is 250 g/mol. The lowest BCUT2D eigenvalue weighted by molar-refractivity contribution is 0.0523. The summed E-state index contributed by atoms with van der Waals surface area (Å²) in [6.45, 7) is 5.65. The molecule has 0 radical (unpaired) electrons. The summed E-state index contributed by atoms with van der Waals surface area (Å²) in [5.41, 5.74) is 2.36. The minimum absolute atomic E-state index is 0. The fourth-order valence-electron chi connectivity index (χ4n) is 2.61. The van der Waals surface area contributed by atoms with Gasteiger partial charge in [-0.15, -0.1) is 0 Å². The van der Waals surface area contributed by atoms with Gasteiger partial charge in [-0.1, -0.05) is 24.3 Å². The normalized spacial score (nSPS) is 25.1. The number of ether oxygens (including phenoxy) is 1. The van der Waals surface area contributed by atoms with Crippen molar-refractivity contribution in [3.8, 4) is 0 Å². The largest absolute Gasteiger partial charge is 0.444 e. The van der Waals surface area contributed by atoms with E-state index in [9.17, 15) is 4.79 Å². The Bertz CT molecular complexity index is 503. The van der Waals surface area contributed by atoms with E-state index in [-0.39, 0.29) is 13.6 Å². The van der Waals surface area contributed by atoms with Gasteiger partial charge in [0, 0.05) is 13.4 Å². The van der Waals surface area contributed by atoms with Crippen LogP contribution < -0.4 is 5.32 Å². The summed E-state index contributed by atoms with van der Waals surface area (Å²) < 4.78 is 5.28. The number of alkyl carbamates (subject to hydrolysis) is 1. The topological polar surface area (TPSA) is 38.3 Å². The molecule has 3 rings (SSSR count). The van der Waals surface area contributed by atoms with Crippen LogP contribution in [0, 0.1) is 0 Å². The highest BCUT2D eigenvalue weighted by atomic mass is 16.6. The van der Waals surface area contributed by atoms with E-state index in [0.717, 1.165) is 12.3 Å². The molecule has 1 aromatic rings. The summed E-state index contributed by atoms with van der Waals surface area (Å²) in [5, 5.41) is 2.95. The second kappa shape index (κ2) is 4.80. The van der Waals surface area contributed by atoms with E-state index >= 15 is 0 Å². The SMILES string of the molecule is CC(C)(C)OC(=O)N[C@H]1C[C@@H]1c1ccc(C2CC2)cc1.[HH]. The molecule has 0 spiro atoms. The Hall–Kier alpha value is -1.51. The maximum Gasteiger partial charge on any atom is 0.407 e. The summed E-state index contributed by atoms with van der Waals surface area (Å²) in [4.78, 5) is 11.7. The molecule has 2 aliphatic rings. The molecule has 0 saturated heterocycles. The number of amides is 1. The van der Waals surface area contributed by atoms with Crippen molar-refractivity contribution < 1.29 is 11.0 Å². The lowest BCUT2D eigenvalue weighted by Gasteiger charge is -2.19. The number of rotatable bonds is 3. The monoisotopic (exact) mass is 275 g/mol. The molecule has 110 valence electrons. The highest BCUT2D eigenvalue weighted by Gasteiger charge is 2.40. The van der Waals surface area contributed by atoms with Gasteiger partial charge in [-0.25, -0.2) is 4.79 Å². The van der Waals surface area contributed by atoms with Crippen LogP contribution in [0.3, 0.4) is 0 Å². The quantitative estimate of drug-likeness (QED) is 0.898. The first kappa shape index (κ1) is 13.5. The molecule has 0 aliphatic heterocycles. The van der Waals surface area contributed by atoms with Crippen LogP contribution in [-0.2, 0) is 4.74 Å². The molecule has 3 heteroatoms. The third kappa shape index (κ3) is 3.33. The minimum Gasteiger partial charge on any atom is -0.444 e. The maximum absolute atomic E-state index is 11.7. The van der Waals surface area contributed by atoms with Gasteiger partial charge < -0.3 is 10.1 Å². The van der Waals surface area contributed by atoms with Crippen molar-refractivity contribution in [1.29, 1.82) is 0 Å². The lowest BCUT2D eigenvalue weighted by atomic mass is 10.1. The number of hydrogen-bond acceptors (Lipinski definition) is 2. The molecule has 2 saturated carbocycles. The van der Waals surface area contributed by atoms with Crippen molar-refractivity contribution in [2.45, 2.75) is 63.5 Å². The van der Waals surface area contributed by atoms with Crippen molar-refractivity contribution in [3.63, 3.8) is 0 Å². The second-order valence-electron chi connectivity index (χ2n) is 7.04. The minimum atomic E-state index is -0.430. The average Bonchev–Trinajstić information content (AvgIpc) is 3.21. The first-order valence-electron chi connectivity index (χ1n) is 7.52. The third-order valence-corrected chi connectivity index (χ3v) is 3.91. The Morgan fingerprint density at radius 3 is 2.35 bits per heavy atom. The number of benzene rings is 1. The summed E-state index contributed by atoms with van der Waals surface area (Å²) in [6.07, 6.45) is 3.39. The molecule has 0 unspecified atom stereocenters. The summed E-state index contributed by atoms with van der Waals surface area (Å²) in [5.74, 6) is 1.26. The van der Waals surface area contributed by atoms with Gasteiger partial charge in [0.1, 0.15) is 5.60 Å². The fraction of sp³-hybridized carbons (Fsp3) is 0.588. The number of carbonyl (C=O) groups excluding carboxylic acids is 1. The molecule has 20 heavy (non-hydrogen) atoms. The lowest BCUT2D eigenvalue weighted by Crippen LogP contribution is -2.34. The first-order valence-corrected chi connectivity index (χ1v) is 7.52. The van der Waals surface area contributed by atoms with Crippen molar-refractivity contribution in [2.24, 2.45) is 0 Å². The average molecular weight is 275 g/mol. The van der Waals surface area contributed by atoms with Gasteiger partial charge >= 0.3 is 6.09 Å². The second-order valence-corrected chi connectivity index (χ2v) is 7.04. The van der Waals surface area contributed by atoms with E-state index in [2.05, 4.69) is 29.6 Å². The molecule has 0 heterocycles. The van der Waals surface area contributed by atoms with Crippen molar-refractivity contribution in [2.75, 3.05) is 0 Å². The summed E-state index contributed by atoms with van der Waals surface area (Å²) in [6, 6.07) is 9.16.